The first-order chi connectivity index (χ1) is 11.1. The van der Waals surface area contributed by atoms with Crippen molar-refractivity contribution < 1.29 is 23.8 Å². The van der Waals surface area contributed by atoms with E-state index in [1.807, 2.05) is 0 Å². The number of rotatable bonds is 7. The predicted molar refractivity (Wildman–Crippen MR) is 86.2 cm³/mol. The van der Waals surface area contributed by atoms with Gasteiger partial charge in [0, 0.05) is 24.5 Å². The molecule has 0 saturated carbocycles. The van der Waals surface area contributed by atoms with E-state index in [2.05, 4.69) is 0 Å². The molecule has 1 aromatic rings. The van der Waals surface area contributed by atoms with Crippen LogP contribution in [0.1, 0.15) is 19.3 Å². The van der Waals surface area contributed by atoms with Crippen LogP contribution in [0.15, 0.2) is 24.3 Å². The molecule has 2 rings (SSSR count). The topological polar surface area (TPSA) is 66.8 Å². The molecule has 1 saturated heterocycles. The van der Waals surface area contributed by atoms with Crippen molar-refractivity contribution in [1.29, 1.82) is 0 Å². The summed E-state index contributed by atoms with van der Waals surface area (Å²) in [4.78, 5) is 24.8. The first-order valence-corrected chi connectivity index (χ1v) is 8.69. The van der Waals surface area contributed by atoms with Crippen LogP contribution in [0, 0.1) is 5.82 Å². The van der Waals surface area contributed by atoms with Crippen LogP contribution >= 0.6 is 11.8 Å². The number of hydrogen-bond donors (Lipinski definition) is 1. The van der Waals surface area contributed by atoms with Crippen molar-refractivity contribution in [3.05, 3.63) is 30.1 Å². The molecule has 1 unspecified atom stereocenters. The minimum absolute atomic E-state index is 0.00911. The number of benzene rings is 1. The zero-order chi connectivity index (χ0) is 16.7. The molecule has 1 fully saturated rings. The SMILES string of the molecule is O=C(O)CC1CSCCN1C(=O)CCCOc1ccc(F)cc1. The Morgan fingerprint density at radius 2 is 2.09 bits per heavy atom. The number of nitrogens with zero attached hydrogens (tertiary/aromatic N) is 1. The van der Waals surface area contributed by atoms with Crippen LogP contribution in [-0.4, -0.2) is 52.6 Å². The summed E-state index contributed by atoms with van der Waals surface area (Å²) in [6.45, 7) is 0.962. The standard InChI is InChI=1S/C16H20FNO4S/c17-12-3-5-14(6-4-12)22-8-1-2-15(19)18-7-9-23-11-13(18)10-16(20)21/h3-6,13H,1-2,7-11H2,(H,20,21). The first kappa shape index (κ1) is 17.6. The van der Waals surface area contributed by atoms with E-state index in [4.69, 9.17) is 9.84 Å². The molecule has 0 spiro atoms. The third kappa shape index (κ3) is 5.74. The number of hydrogen-bond acceptors (Lipinski definition) is 4. The van der Waals surface area contributed by atoms with E-state index in [-0.39, 0.29) is 24.2 Å². The zero-order valence-electron chi connectivity index (χ0n) is 12.7. The second-order valence-corrected chi connectivity index (χ2v) is 6.47. The minimum Gasteiger partial charge on any atom is -0.494 e. The highest BCUT2D eigenvalue weighted by molar-refractivity contribution is 7.99. The lowest BCUT2D eigenvalue weighted by Crippen LogP contribution is -2.47. The van der Waals surface area contributed by atoms with E-state index in [1.165, 1.54) is 12.1 Å². The molecule has 1 aliphatic heterocycles. The van der Waals surface area contributed by atoms with E-state index < -0.39 is 5.97 Å². The third-order valence-corrected chi connectivity index (χ3v) is 4.67. The van der Waals surface area contributed by atoms with E-state index in [1.54, 1.807) is 28.8 Å². The maximum atomic E-state index is 12.8. The summed E-state index contributed by atoms with van der Waals surface area (Å²) < 4.78 is 18.2. The quantitative estimate of drug-likeness (QED) is 0.772. The number of ether oxygens (including phenoxy) is 1. The molecule has 1 atom stereocenters. The van der Waals surface area contributed by atoms with Gasteiger partial charge < -0.3 is 14.7 Å². The van der Waals surface area contributed by atoms with Crippen LogP contribution in [0.3, 0.4) is 0 Å². The summed E-state index contributed by atoms with van der Waals surface area (Å²) in [5, 5.41) is 8.93. The highest BCUT2D eigenvalue weighted by atomic mass is 32.2. The summed E-state index contributed by atoms with van der Waals surface area (Å²) in [6, 6.07) is 5.51. The normalized spacial score (nSPS) is 17.8. The summed E-state index contributed by atoms with van der Waals surface area (Å²) in [6.07, 6.45) is 0.854. The maximum Gasteiger partial charge on any atom is 0.305 e. The molecule has 1 N–H and O–H groups in total. The van der Waals surface area contributed by atoms with E-state index in [0.29, 0.717) is 37.5 Å². The van der Waals surface area contributed by atoms with Gasteiger partial charge in [-0.15, -0.1) is 0 Å². The van der Waals surface area contributed by atoms with Crippen LogP contribution in [0.25, 0.3) is 0 Å². The third-order valence-electron chi connectivity index (χ3n) is 3.58. The van der Waals surface area contributed by atoms with Gasteiger partial charge in [0.05, 0.1) is 19.1 Å². The number of carboxylic acid groups (broad SMARTS) is 1. The Labute approximate surface area is 138 Å². The molecule has 0 bridgehead atoms. The maximum absolute atomic E-state index is 12.8. The van der Waals surface area contributed by atoms with Crippen LogP contribution in [-0.2, 0) is 9.59 Å². The lowest BCUT2D eigenvalue weighted by molar-refractivity contribution is -0.140. The predicted octanol–water partition coefficient (Wildman–Crippen LogP) is 2.40. The van der Waals surface area contributed by atoms with E-state index in [0.717, 1.165) is 5.75 Å². The molecule has 0 aliphatic carbocycles. The second-order valence-electron chi connectivity index (χ2n) is 5.32. The monoisotopic (exact) mass is 341 g/mol. The largest absolute Gasteiger partial charge is 0.494 e. The zero-order valence-corrected chi connectivity index (χ0v) is 13.6. The molecule has 0 aromatic heterocycles. The molecule has 1 aromatic carbocycles. The molecule has 1 aliphatic rings. The van der Waals surface area contributed by atoms with Gasteiger partial charge in [0.15, 0.2) is 0 Å². The molecule has 126 valence electrons. The van der Waals surface area contributed by atoms with Gasteiger partial charge in [0.2, 0.25) is 5.91 Å². The summed E-state index contributed by atoms with van der Waals surface area (Å²) >= 11 is 1.68. The lowest BCUT2D eigenvalue weighted by Gasteiger charge is -2.34. The van der Waals surface area contributed by atoms with Crippen LogP contribution in [0.2, 0.25) is 0 Å². The second kappa shape index (κ2) is 8.76. The van der Waals surface area contributed by atoms with Gasteiger partial charge in [-0.05, 0) is 30.7 Å². The molecule has 7 heteroatoms. The number of carbonyl (C=O) groups excluding carboxylic acids is 1. The molecule has 1 heterocycles. The lowest BCUT2D eigenvalue weighted by atomic mass is 10.1. The summed E-state index contributed by atoms with van der Waals surface area (Å²) in [7, 11) is 0. The Hall–Kier alpha value is -1.76. The van der Waals surface area contributed by atoms with Crippen LogP contribution in [0.4, 0.5) is 4.39 Å². The number of thioether (sulfide) groups is 1. The van der Waals surface area contributed by atoms with Crippen LogP contribution in [0.5, 0.6) is 5.75 Å². The Morgan fingerprint density at radius 3 is 2.78 bits per heavy atom. The number of aliphatic carboxylic acids is 1. The molecular formula is C16H20FNO4S. The van der Waals surface area contributed by atoms with Gasteiger partial charge >= 0.3 is 5.97 Å². The van der Waals surface area contributed by atoms with E-state index >= 15 is 0 Å². The first-order valence-electron chi connectivity index (χ1n) is 7.53. The average Bonchev–Trinajstić information content (AvgIpc) is 2.53. The Bertz CT molecular complexity index is 537. The van der Waals surface area contributed by atoms with Crippen molar-refractivity contribution in [2.24, 2.45) is 0 Å². The van der Waals surface area contributed by atoms with Crippen LogP contribution < -0.4 is 4.74 Å². The average molecular weight is 341 g/mol. The van der Waals surface area contributed by atoms with Gasteiger partial charge in [-0.2, -0.15) is 11.8 Å². The molecule has 5 nitrogen and oxygen atoms in total. The summed E-state index contributed by atoms with van der Waals surface area (Å²) in [5.41, 5.74) is 0. The fourth-order valence-corrected chi connectivity index (χ4v) is 3.50. The number of carbonyl (C=O) groups is 2. The fourth-order valence-electron chi connectivity index (χ4n) is 2.44. The Morgan fingerprint density at radius 1 is 1.35 bits per heavy atom. The van der Waals surface area contributed by atoms with Gasteiger partial charge in [-0.1, -0.05) is 0 Å². The van der Waals surface area contributed by atoms with Gasteiger partial charge in [0.25, 0.3) is 0 Å². The molecule has 0 radical (unpaired) electrons. The van der Waals surface area contributed by atoms with Crippen molar-refractivity contribution in [1.82, 2.24) is 4.90 Å². The highest BCUT2D eigenvalue weighted by Gasteiger charge is 2.28. The van der Waals surface area contributed by atoms with Crippen molar-refractivity contribution in [3.63, 3.8) is 0 Å². The number of amides is 1. The molecule has 23 heavy (non-hydrogen) atoms. The number of halogens is 1. The highest BCUT2D eigenvalue weighted by Crippen LogP contribution is 2.20. The fraction of sp³-hybridized carbons (Fsp3) is 0.500. The van der Waals surface area contributed by atoms with Crippen molar-refractivity contribution in [3.8, 4) is 5.75 Å². The number of carboxylic acids is 1. The van der Waals surface area contributed by atoms with Gasteiger partial charge in [-0.25, -0.2) is 4.39 Å². The van der Waals surface area contributed by atoms with Crippen molar-refractivity contribution >= 4 is 23.6 Å². The Kier molecular flexibility index (Phi) is 6.70. The van der Waals surface area contributed by atoms with E-state index in [9.17, 15) is 14.0 Å². The van der Waals surface area contributed by atoms with Gasteiger partial charge in [0.1, 0.15) is 11.6 Å². The van der Waals surface area contributed by atoms with Gasteiger partial charge in [-0.3, -0.25) is 9.59 Å². The summed E-state index contributed by atoms with van der Waals surface area (Å²) in [5.74, 6) is 0.851. The minimum atomic E-state index is -0.880. The molecular weight excluding hydrogens is 321 g/mol. The van der Waals surface area contributed by atoms with Crippen molar-refractivity contribution in [2.75, 3.05) is 24.7 Å². The van der Waals surface area contributed by atoms with Crippen molar-refractivity contribution in [2.45, 2.75) is 25.3 Å². The Balaban J connectivity index is 1.74. The molecule has 1 amide bonds. The smallest absolute Gasteiger partial charge is 0.305 e.